The predicted molar refractivity (Wildman–Crippen MR) is 120 cm³/mol. The van der Waals surface area contributed by atoms with Crippen molar-refractivity contribution in [2.75, 3.05) is 14.2 Å². The van der Waals surface area contributed by atoms with Gasteiger partial charge in [0, 0.05) is 10.0 Å². The lowest BCUT2D eigenvalue weighted by Crippen LogP contribution is -2.17. The number of nitrogens with one attached hydrogen (secondary N) is 1. The van der Waals surface area contributed by atoms with Crippen molar-refractivity contribution < 1.29 is 23.8 Å². The third-order valence-corrected chi connectivity index (χ3v) is 4.67. The van der Waals surface area contributed by atoms with Crippen molar-refractivity contribution in [3.63, 3.8) is 0 Å². The van der Waals surface area contributed by atoms with E-state index in [1.54, 1.807) is 60.7 Å². The molecule has 0 unspecified atom stereocenters. The van der Waals surface area contributed by atoms with Crippen LogP contribution in [0.1, 0.15) is 26.3 Å². The maximum Gasteiger partial charge on any atom is 0.343 e. The molecular formula is C23H19BrN2O5. The second-order valence-corrected chi connectivity index (χ2v) is 7.15. The fraction of sp³-hybridized carbons (Fsp3) is 0.0870. The van der Waals surface area contributed by atoms with Crippen LogP contribution in [0.3, 0.4) is 0 Å². The Kier molecular flexibility index (Phi) is 7.40. The Bertz CT molecular complexity index is 1110. The summed E-state index contributed by atoms with van der Waals surface area (Å²) in [5.41, 5.74) is 3.99. The van der Waals surface area contributed by atoms with Crippen molar-refractivity contribution >= 4 is 34.0 Å². The summed E-state index contributed by atoms with van der Waals surface area (Å²) in [6, 6.07) is 18.5. The van der Waals surface area contributed by atoms with Crippen LogP contribution in [0.4, 0.5) is 0 Å². The van der Waals surface area contributed by atoms with Crippen molar-refractivity contribution in [1.29, 1.82) is 0 Å². The van der Waals surface area contributed by atoms with Crippen LogP contribution in [-0.2, 0) is 0 Å². The second-order valence-electron chi connectivity index (χ2n) is 6.24. The number of nitrogens with zero attached hydrogens (tertiary/aromatic N) is 1. The summed E-state index contributed by atoms with van der Waals surface area (Å²) in [6.45, 7) is 0. The number of esters is 1. The van der Waals surface area contributed by atoms with E-state index >= 15 is 0 Å². The normalized spacial score (nSPS) is 10.5. The molecule has 0 saturated heterocycles. The number of amides is 1. The third kappa shape index (κ3) is 5.93. The average Bonchev–Trinajstić information content (AvgIpc) is 2.79. The highest BCUT2D eigenvalue weighted by molar-refractivity contribution is 9.10. The van der Waals surface area contributed by atoms with E-state index in [-0.39, 0.29) is 0 Å². The highest BCUT2D eigenvalue weighted by Gasteiger charge is 2.10. The molecule has 3 aromatic rings. The first-order chi connectivity index (χ1) is 15.0. The molecule has 3 aromatic carbocycles. The van der Waals surface area contributed by atoms with Gasteiger partial charge in [-0.15, -0.1) is 0 Å². The molecule has 0 atom stereocenters. The van der Waals surface area contributed by atoms with Crippen LogP contribution in [0.2, 0.25) is 0 Å². The SMILES string of the molecule is COc1ccc(C(=O)N/N=C/c2ccc(OC(=O)c3cccc(Br)c3)cc2)cc1OC. The number of hydrogen-bond acceptors (Lipinski definition) is 6. The molecule has 0 aliphatic carbocycles. The average molecular weight is 483 g/mol. The predicted octanol–water partition coefficient (Wildman–Crippen LogP) is 4.45. The zero-order chi connectivity index (χ0) is 22.2. The van der Waals surface area contributed by atoms with Crippen LogP contribution < -0.4 is 19.6 Å². The van der Waals surface area contributed by atoms with E-state index in [9.17, 15) is 9.59 Å². The molecule has 8 heteroatoms. The van der Waals surface area contributed by atoms with E-state index in [2.05, 4.69) is 26.5 Å². The molecule has 0 radical (unpaired) electrons. The van der Waals surface area contributed by atoms with Crippen LogP contribution in [0, 0.1) is 0 Å². The quantitative estimate of drug-likeness (QED) is 0.232. The van der Waals surface area contributed by atoms with Gasteiger partial charge in [0.2, 0.25) is 0 Å². The van der Waals surface area contributed by atoms with Crippen LogP contribution >= 0.6 is 15.9 Å². The second kappa shape index (κ2) is 10.4. The van der Waals surface area contributed by atoms with Gasteiger partial charge in [-0.05, 0) is 66.2 Å². The first-order valence-electron chi connectivity index (χ1n) is 9.13. The number of carbonyl (C=O) groups is 2. The van der Waals surface area contributed by atoms with E-state index in [0.29, 0.717) is 28.4 Å². The summed E-state index contributed by atoms with van der Waals surface area (Å²) in [4.78, 5) is 24.4. The molecular weight excluding hydrogens is 464 g/mol. The van der Waals surface area contributed by atoms with Gasteiger partial charge >= 0.3 is 5.97 Å². The number of halogens is 1. The van der Waals surface area contributed by atoms with Crippen LogP contribution in [0.15, 0.2) is 76.3 Å². The summed E-state index contributed by atoms with van der Waals surface area (Å²) in [5, 5.41) is 3.95. The molecule has 0 heterocycles. The maximum absolute atomic E-state index is 12.3. The van der Waals surface area contributed by atoms with Gasteiger partial charge in [-0.1, -0.05) is 22.0 Å². The number of rotatable bonds is 7. The topological polar surface area (TPSA) is 86.2 Å². The first kappa shape index (κ1) is 22.0. The Labute approximate surface area is 187 Å². The molecule has 0 spiro atoms. The largest absolute Gasteiger partial charge is 0.493 e. The Morgan fingerprint density at radius 2 is 1.65 bits per heavy atom. The molecule has 3 rings (SSSR count). The Morgan fingerprint density at radius 1 is 0.903 bits per heavy atom. The third-order valence-electron chi connectivity index (χ3n) is 4.18. The summed E-state index contributed by atoms with van der Waals surface area (Å²) >= 11 is 3.32. The minimum absolute atomic E-state index is 0.379. The number of hydrogen-bond donors (Lipinski definition) is 1. The summed E-state index contributed by atoms with van der Waals surface area (Å²) in [5.74, 6) is 0.536. The van der Waals surface area contributed by atoms with Gasteiger partial charge in [0.05, 0.1) is 26.0 Å². The van der Waals surface area contributed by atoms with Crippen molar-refractivity contribution in [3.05, 3.63) is 87.9 Å². The summed E-state index contributed by atoms with van der Waals surface area (Å²) in [7, 11) is 3.02. The first-order valence-corrected chi connectivity index (χ1v) is 9.92. The van der Waals surface area contributed by atoms with Crippen molar-refractivity contribution in [2.45, 2.75) is 0 Å². The minimum atomic E-state index is -0.454. The fourth-order valence-corrected chi connectivity index (χ4v) is 3.01. The van der Waals surface area contributed by atoms with Gasteiger partial charge in [0.1, 0.15) is 5.75 Å². The van der Waals surface area contributed by atoms with E-state index in [4.69, 9.17) is 14.2 Å². The number of hydrazone groups is 1. The number of carbonyl (C=O) groups excluding carboxylic acids is 2. The molecule has 1 amide bonds. The highest BCUT2D eigenvalue weighted by atomic mass is 79.9. The molecule has 7 nitrogen and oxygen atoms in total. The van der Waals surface area contributed by atoms with Gasteiger partial charge < -0.3 is 14.2 Å². The van der Waals surface area contributed by atoms with E-state index in [0.717, 1.165) is 10.0 Å². The molecule has 1 N–H and O–H groups in total. The molecule has 0 aliphatic rings. The highest BCUT2D eigenvalue weighted by Crippen LogP contribution is 2.27. The molecule has 0 bridgehead atoms. The lowest BCUT2D eigenvalue weighted by atomic mass is 10.2. The molecule has 0 fully saturated rings. The Hall–Kier alpha value is -3.65. The van der Waals surface area contributed by atoms with Gasteiger partial charge in [-0.3, -0.25) is 4.79 Å². The van der Waals surface area contributed by atoms with Crippen molar-refractivity contribution in [3.8, 4) is 17.2 Å². The van der Waals surface area contributed by atoms with Gasteiger partial charge in [0.25, 0.3) is 5.91 Å². The Balaban J connectivity index is 1.58. The monoisotopic (exact) mass is 482 g/mol. The number of ether oxygens (including phenoxy) is 3. The summed E-state index contributed by atoms with van der Waals surface area (Å²) < 4.78 is 16.5. The van der Waals surface area contributed by atoms with E-state index < -0.39 is 11.9 Å². The van der Waals surface area contributed by atoms with Gasteiger partial charge in [-0.2, -0.15) is 5.10 Å². The number of methoxy groups -OCH3 is 2. The van der Waals surface area contributed by atoms with Gasteiger partial charge in [-0.25, -0.2) is 10.2 Å². The molecule has 0 aromatic heterocycles. The molecule has 0 aliphatic heterocycles. The smallest absolute Gasteiger partial charge is 0.343 e. The summed E-state index contributed by atoms with van der Waals surface area (Å²) in [6.07, 6.45) is 1.48. The lowest BCUT2D eigenvalue weighted by molar-refractivity contribution is 0.0734. The standard InChI is InChI=1S/C23H19BrN2O5/c1-29-20-11-8-16(13-21(20)30-2)22(27)26-25-14-15-6-9-19(10-7-15)31-23(28)17-4-3-5-18(24)12-17/h3-14H,1-2H3,(H,26,27)/b25-14+. The zero-order valence-electron chi connectivity index (χ0n) is 16.8. The molecule has 31 heavy (non-hydrogen) atoms. The number of benzene rings is 3. The van der Waals surface area contributed by atoms with Crippen LogP contribution in [-0.4, -0.2) is 32.3 Å². The lowest BCUT2D eigenvalue weighted by Gasteiger charge is -2.08. The fourth-order valence-electron chi connectivity index (χ4n) is 2.61. The minimum Gasteiger partial charge on any atom is -0.493 e. The van der Waals surface area contributed by atoms with Crippen LogP contribution in [0.5, 0.6) is 17.2 Å². The zero-order valence-corrected chi connectivity index (χ0v) is 18.4. The Morgan fingerprint density at radius 3 is 2.32 bits per heavy atom. The molecule has 158 valence electrons. The maximum atomic E-state index is 12.3. The van der Waals surface area contributed by atoms with E-state index in [1.807, 2.05) is 6.07 Å². The van der Waals surface area contributed by atoms with Gasteiger partial charge in [0.15, 0.2) is 11.5 Å². The van der Waals surface area contributed by atoms with Crippen LogP contribution in [0.25, 0.3) is 0 Å². The molecule has 0 saturated carbocycles. The van der Waals surface area contributed by atoms with Crippen molar-refractivity contribution in [1.82, 2.24) is 5.43 Å². The van der Waals surface area contributed by atoms with Crippen molar-refractivity contribution in [2.24, 2.45) is 5.10 Å². The van der Waals surface area contributed by atoms with E-state index in [1.165, 1.54) is 20.4 Å².